The molecule has 0 unspecified atom stereocenters. The number of rotatable bonds is 7. The van der Waals surface area contributed by atoms with Gasteiger partial charge in [-0.15, -0.1) is 0 Å². The second-order valence-electron chi connectivity index (χ2n) is 11.5. The number of fused-ring (bicyclic) bond motifs is 1. The molecule has 1 N–H and O–H groups in total. The summed E-state index contributed by atoms with van der Waals surface area (Å²) < 4.78 is 24.1. The third-order valence-electron chi connectivity index (χ3n) is 8.44. The zero-order valence-electron chi connectivity index (χ0n) is 24.5. The Balaban J connectivity index is 1.37. The van der Waals surface area contributed by atoms with Crippen LogP contribution in [0.2, 0.25) is 5.02 Å². The van der Waals surface area contributed by atoms with E-state index in [0.717, 1.165) is 44.7 Å². The van der Waals surface area contributed by atoms with E-state index in [2.05, 4.69) is 15.3 Å². The third-order valence-corrected chi connectivity index (χ3v) is 8.75. The number of benzene rings is 2. The molecule has 2 fully saturated rings. The van der Waals surface area contributed by atoms with Crippen molar-refractivity contribution in [2.45, 2.75) is 31.7 Å². The minimum atomic E-state index is -0.426. The highest BCUT2D eigenvalue weighted by Crippen LogP contribution is 2.42. The number of hydrogen-bond acceptors (Lipinski definition) is 6. The lowest BCUT2D eigenvalue weighted by molar-refractivity contribution is -0.132. The van der Waals surface area contributed by atoms with Crippen molar-refractivity contribution >= 4 is 40.1 Å². The zero-order chi connectivity index (χ0) is 30.1. The van der Waals surface area contributed by atoms with E-state index >= 15 is 4.39 Å². The number of amides is 2. The Morgan fingerprint density at radius 3 is 2.67 bits per heavy atom. The van der Waals surface area contributed by atoms with Crippen LogP contribution in [0, 0.1) is 5.82 Å². The minimum absolute atomic E-state index is 0.0237. The number of nitrogens with one attached hydrogen (secondary N) is 1. The van der Waals surface area contributed by atoms with E-state index in [-0.39, 0.29) is 34.5 Å². The van der Waals surface area contributed by atoms with Crippen molar-refractivity contribution in [3.8, 4) is 11.1 Å². The van der Waals surface area contributed by atoms with Gasteiger partial charge in [-0.2, -0.15) is 5.10 Å². The third kappa shape index (κ3) is 5.99. The molecule has 226 valence electrons. The largest absolute Gasteiger partial charge is 0.450 e. The fourth-order valence-electron chi connectivity index (χ4n) is 6.12. The smallest absolute Gasteiger partial charge is 0.289 e. The van der Waals surface area contributed by atoms with Gasteiger partial charge in [0.05, 0.1) is 10.4 Å². The van der Waals surface area contributed by atoms with Crippen LogP contribution in [0.4, 0.5) is 10.1 Å². The first kappa shape index (κ1) is 29.2. The van der Waals surface area contributed by atoms with Crippen LogP contribution in [0.3, 0.4) is 0 Å². The Morgan fingerprint density at radius 2 is 1.95 bits per heavy atom. The minimum Gasteiger partial charge on any atom is -0.450 e. The van der Waals surface area contributed by atoms with Gasteiger partial charge in [0, 0.05) is 108 Å². The standard InChI is InChI=1S/C32H36ClFN6O3/c1-37(2)32(42)28-19-26-30(34)24(21-5-3-12-39(20-21)29(41)8-14-40-13-4-9-36-40)18-25(31(26)43-28)23-7-6-22(17-27(23)33)38-15-10-35-11-16-38/h4,6-7,9,13,17-19,21,35H,3,5,8,10-12,14-16,20H2,1-2H3/t21-/m1/s1. The number of aryl methyl sites for hydroxylation is 1. The predicted octanol–water partition coefficient (Wildman–Crippen LogP) is 5.00. The van der Waals surface area contributed by atoms with E-state index < -0.39 is 5.82 Å². The number of carbonyl (C=O) groups excluding carboxylic acids is 2. The maximum atomic E-state index is 16.4. The van der Waals surface area contributed by atoms with Gasteiger partial charge in [-0.05, 0) is 42.7 Å². The van der Waals surface area contributed by atoms with E-state index in [4.69, 9.17) is 16.0 Å². The second-order valence-corrected chi connectivity index (χ2v) is 11.9. The fourth-order valence-corrected chi connectivity index (χ4v) is 6.39. The molecule has 11 heteroatoms. The summed E-state index contributed by atoms with van der Waals surface area (Å²) in [6, 6.07) is 11.0. The van der Waals surface area contributed by atoms with E-state index in [1.165, 1.54) is 11.0 Å². The number of anilines is 1. The van der Waals surface area contributed by atoms with Gasteiger partial charge < -0.3 is 24.4 Å². The first-order valence-electron chi connectivity index (χ1n) is 14.8. The van der Waals surface area contributed by atoms with Crippen LogP contribution in [0.15, 0.2) is 53.2 Å². The molecule has 4 aromatic rings. The van der Waals surface area contributed by atoms with E-state index in [1.807, 2.05) is 35.4 Å². The Kier molecular flexibility index (Phi) is 8.41. The summed E-state index contributed by atoms with van der Waals surface area (Å²) in [4.78, 5) is 31.5. The predicted molar refractivity (Wildman–Crippen MR) is 165 cm³/mol. The molecule has 0 radical (unpaired) electrons. The topological polar surface area (TPSA) is 86.9 Å². The first-order valence-corrected chi connectivity index (χ1v) is 15.2. The van der Waals surface area contributed by atoms with Gasteiger partial charge in [0.25, 0.3) is 5.91 Å². The lowest BCUT2D eigenvalue weighted by atomic mass is 9.87. The van der Waals surface area contributed by atoms with Gasteiger partial charge in [0.1, 0.15) is 11.4 Å². The Labute approximate surface area is 255 Å². The molecule has 0 spiro atoms. The van der Waals surface area contributed by atoms with Gasteiger partial charge in [0.15, 0.2) is 5.76 Å². The molecule has 43 heavy (non-hydrogen) atoms. The highest BCUT2D eigenvalue weighted by molar-refractivity contribution is 6.34. The molecule has 2 saturated heterocycles. The molecule has 2 aliphatic heterocycles. The van der Waals surface area contributed by atoms with Crippen LogP contribution in [0.25, 0.3) is 22.1 Å². The molecular formula is C32H36ClFN6O3. The number of nitrogens with zero attached hydrogens (tertiary/aromatic N) is 5. The average Bonchev–Trinajstić information content (AvgIpc) is 3.71. The molecule has 6 rings (SSSR count). The average molecular weight is 607 g/mol. The molecule has 0 aliphatic carbocycles. The maximum Gasteiger partial charge on any atom is 0.289 e. The van der Waals surface area contributed by atoms with Crippen LogP contribution >= 0.6 is 11.6 Å². The number of aromatic nitrogens is 2. The number of piperidine rings is 1. The molecule has 1 atom stereocenters. The molecule has 0 saturated carbocycles. The highest BCUT2D eigenvalue weighted by atomic mass is 35.5. The Morgan fingerprint density at radius 1 is 1.14 bits per heavy atom. The van der Waals surface area contributed by atoms with Gasteiger partial charge >= 0.3 is 0 Å². The normalized spacial score (nSPS) is 17.4. The van der Waals surface area contributed by atoms with Crippen molar-refractivity contribution in [3.05, 3.63) is 71.0 Å². The van der Waals surface area contributed by atoms with E-state index in [1.54, 1.807) is 31.0 Å². The SMILES string of the molecule is CN(C)C(=O)c1cc2c(F)c([C@@H]3CCCN(C(=O)CCn4cccn4)C3)cc(-c3ccc(N4CCNCC4)cc3Cl)c2o1. The summed E-state index contributed by atoms with van der Waals surface area (Å²) in [5, 5.41) is 8.30. The van der Waals surface area contributed by atoms with Gasteiger partial charge in [0.2, 0.25) is 5.91 Å². The second kappa shape index (κ2) is 12.4. The number of likely N-dealkylation sites (tertiary alicyclic amines) is 1. The molecule has 4 heterocycles. The molecule has 2 aromatic carbocycles. The molecule has 2 aliphatic rings. The van der Waals surface area contributed by atoms with Crippen molar-refractivity contribution in [2.24, 2.45) is 0 Å². The van der Waals surface area contributed by atoms with E-state index in [9.17, 15) is 9.59 Å². The number of carbonyl (C=O) groups is 2. The van der Waals surface area contributed by atoms with Crippen LogP contribution in [-0.4, -0.2) is 84.8 Å². The summed E-state index contributed by atoms with van der Waals surface area (Å²) >= 11 is 6.91. The molecule has 2 aromatic heterocycles. The van der Waals surface area contributed by atoms with Crippen LogP contribution in [-0.2, 0) is 11.3 Å². The van der Waals surface area contributed by atoms with Crippen molar-refractivity contribution in [3.63, 3.8) is 0 Å². The summed E-state index contributed by atoms with van der Waals surface area (Å²) in [7, 11) is 3.26. The quantitative estimate of drug-likeness (QED) is 0.319. The van der Waals surface area contributed by atoms with Gasteiger partial charge in [-0.3, -0.25) is 14.3 Å². The molecule has 9 nitrogen and oxygen atoms in total. The Bertz CT molecular complexity index is 1630. The van der Waals surface area contributed by atoms with Crippen LogP contribution < -0.4 is 10.2 Å². The van der Waals surface area contributed by atoms with Crippen molar-refractivity contribution in [1.29, 1.82) is 0 Å². The summed E-state index contributed by atoms with van der Waals surface area (Å²) in [6.45, 7) is 5.12. The Hall–Kier alpha value is -3.89. The highest BCUT2D eigenvalue weighted by Gasteiger charge is 2.30. The lowest BCUT2D eigenvalue weighted by Crippen LogP contribution is -2.43. The summed E-state index contributed by atoms with van der Waals surface area (Å²) in [5.74, 6) is -0.910. The zero-order valence-corrected chi connectivity index (χ0v) is 25.2. The lowest BCUT2D eigenvalue weighted by Gasteiger charge is -2.33. The summed E-state index contributed by atoms with van der Waals surface area (Å²) in [6.07, 6.45) is 5.35. The van der Waals surface area contributed by atoms with Crippen molar-refractivity contribution in [1.82, 2.24) is 24.9 Å². The number of furan rings is 1. The van der Waals surface area contributed by atoms with Crippen LogP contribution in [0.1, 0.15) is 41.3 Å². The molecule has 0 bridgehead atoms. The van der Waals surface area contributed by atoms with Crippen LogP contribution in [0.5, 0.6) is 0 Å². The van der Waals surface area contributed by atoms with Gasteiger partial charge in [-0.1, -0.05) is 17.7 Å². The molecule has 2 amide bonds. The summed E-state index contributed by atoms with van der Waals surface area (Å²) in [5.41, 5.74) is 3.13. The number of hydrogen-bond donors (Lipinski definition) is 1. The fraction of sp³-hybridized carbons (Fsp3) is 0.406. The monoisotopic (exact) mass is 606 g/mol. The van der Waals surface area contributed by atoms with Crippen molar-refractivity contribution in [2.75, 3.05) is 58.3 Å². The first-order chi connectivity index (χ1) is 20.8. The maximum absolute atomic E-state index is 16.4. The van der Waals surface area contributed by atoms with Gasteiger partial charge in [-0.25, -0.2) is 4.39 Å². The van der Waals surface area contributed by atoms with E-state index in [0.29, 0.717) is 47.8 Å². The molecular weight excluding hydrogens is 571 g/mol. The van der Waals surface area contributed by atoms with Crippen molar-refractivity contribution < 1.29 is 18.4 Å². The number of piperazine rings is 1. The number of halogens is 2.